The highest BCUT2D eigenvalue weighted by molar-refractivity contribution is 9.10. The molecular formula is C16H21BrN2O. The van der Waals surface area contributed by atoms with Gasteiger partial charge in [-0.05, 0) is 25.8 Å². The van der Waals surface area contributed by atoms with Crippen molar-refractivity contribution in [1.29, 1.82) is 0 Å². The van der Waals surface area contributed by atoms with E-state index in [-0.39, 0.29) is 11.7 Å². The third-order valence-electron chi connectivity index (χ3n) is 4.64. The van der Waals surface area contributed by atoms with Gasteiger partial charge in [0.2, 0.25) is 5.91 Å². The van der Waals surface area contributed by atoms with Crippen molar-refractivity contribution in [3.63, 3.8) is 0 Å². The number of carbonyl (C=O) groups excluding carboxylic acids is 1. The van der Waals surface area contributed by atoms with Gasteiger partial charge in [0, 0.05) is 16.6 Å². The van der Waals surface area contributed by atoms with Crippen LogP contribution in [0, 0.1) is 0 Å². The van der Waals surface area contributed by atoms with E-state index in [0.29, 0.717) is 5.91 Å². The number of rotatable bonds is 2. The van der Waals surface area contributed by atoms with E-state index in [9.17, 15) is 4.79 Å². The minimum absolute atomic E-state index is 0.00109. The van der Waals surface area contributed by atoms with Gasteiger partial charge in [0.1, 0.15) is 6.17 Å². The summed E-state index contributed by atoms with van der Waals surface area (Å²) in [7, 11) is 0. The molecule has 0 radical (unpaired) electrons. The minimum Gasteiger partial charge on any atom is -0.322 e. The zero-order chi connectivity index (χ0) is 14.2. The zero-order valence-electron chi connectivity index (χ0n) is 11.9. The van der Waals surface area contributed by atoms with Crippen LogP contribution in [0.3, 0.4) is 0 Å². The Bertz CT molecular complexity index is 511. The van der Waals surface area contributed by atoms with Gasteiger partial charge in [0.15, 0.2) is 0 Å². The molecule has 1 unspecified atom stereocenters. The van der Waals surface area contributed by atoms with Crippen LogP contribution in [-0.2, 0) is 4.79 Å². The Morgan fingerprint density at radius 3 is 2.65 bits per heavy atom. The summed E-state index contributed by atoms with van der Waals surface area (Å²) < 4.78 is 1.07. The van der Waals surface area contributed by atoms with Gasteiger partial charge in [-0.3, -0.25) is 10.1 Å². The number of benzene rings is 1. The molecule has 0 bridgehead atoms. The van der Waals surface area contributed by atoms with Crippen molar-refractivity contribution >= 4 is 21.8 Å². The minimum atomic E-state index is -0.311. The summed E-state index contributed by atoms with van der Waals surface area (Å²) in [5, 5.41) is 3.66. The fourth-order valence-corrected chi connectivity index (χ4v) is 4.08. The number of nitrogens with zero attached hydrogens (tertiary/aromatic N) is 1. The average Bonchev–Trinajstić information content (AvgIpc) is 2.73. The van der Waals surface area contributed by atoms with E-state index in [2.05, 4.69) is 34.2 Å². The largest absolute Gasteiger partial charge is 0.322 e. The second-order valence-electron chi connectivity index (χ2n) is 5.80. The summed E-state index contributed by atoms with van der Waals surface area (Å²) in [6.07, 6.45) is 5.51. The molecule has 1 heterocycles. The van der Waals surface area contributed by atoms with Gasteiger partial charge in [-0.25, -0.2) is 0 Å². The van der Waals surface area contributed by atoms with E-state index in [1.165, 1.54) is 6.42 Å². The maximum atomic E-state index is 12.9. The third-order valence-corrected chi connectivity index (χ3v) is 5.36. The van der Waals surface area contributed by atoms with Crippen LogP contribution in [0.4, 0.5) is 0 Å². The fraction of sp³-hybridized carbons (Fsp3) is 0.562. The summed E-state index contributed by atoms with van der Waals surface area (Å²) in [6.45, 7) is 2.81. The smallest absolute Gasteiger partial charge is 0.244 e. The van der Waals surface area contributed by atoms with E-state index >= 15 is 0 Å². The molecule has 1 atom stereocenters. The number of hydrogen-bond acceptors (Lipinski definition) is 2. The van der Waals surface area contributed by atoms with Gasteiger partial charge in [-0.15, -0.1) is 0 Å². The fourth-order valence-electron chi connectivity index (χ4n) is 3.58. The standard InChI is InChI=1S/C16H21BrN2O/c1-2-19-14(12-8-4-5-9-13(12)17)18-16(15(19)20)10-6-3-7-11-16/h4-5,8-9,14,18H,2-3,6-7,10-11H2,1H3. The first-order valence-electron chi connectivity index (χ1n) is 7.51. The highest BCUT2D eigenvalue weighted by Gasteiger charge is 2.51. The zero-order valence-corrected chi connectivity index (χ0v) is 13.4. The third kappa shape index (κ3) is 2.19. The van der Waals surface area contributed by atoms with Crippen molar-refractivity contribution in [3.8, 4) is 0 Å². The van der Waals surface area contributed by atoms with Crippen LogP contribution < -0.4 is 5.32 Å². The molecule has 0 aromatic heterocycles. The molecule has 1 spiro atoms. The van der Waals surface area contributed by atoms with Crippen molar-refractivity contribution in [2.24, 2.45) is 0 Å². The highest BCUT2D eigenvalue weighted by Crippen LogP contribution is 2.40. The predicted molar refractivity (Wildman–Crippen MR) is 83.2 cm³/mol. The van der Waals surface area contributed by atoms with Crippen LogP contribution in [0.5, 0.6) is 0 Å². The maximum Gasteiger partial charge on any atom is 0.244 e. The summed E-state index contributed by atoms with van der Waals surface area (Å²) in [5.41, 5.74) is 0.846. The first-order chi connectivity index (χ1) is 9.68. The molecule has 2 fully saturated rings. The lowest BCUT2D eigenvalue weighted by Crippen LogP contribution is -2.48. The van der Waals surface area contributed by atoms with Crippen molar-refractivity contribution in [2.45, 2.75) is 50.7 Å². The van der Waals surface area contributed by atoms with Gasteiger partial charge in [-0.1, -0.05) is 53.4 Å². The average molecular weight is 337 g/mol. The molecule has 1 aliphatic carbocycles. The lowest BCUT2D eigenvalue weighted by atomic mass is 9.81. The summed E-state index contributed by atoms with van der Waals surface area (Å²) in [5.74, 6) is 0.292. The quantitative estimate of drug-likeness (QED) is 0.894. The molecule has 1 N–H and O–H groups in total. The van der Waals surface area contributed by atoms with Crippen LogP contribution in [0.2, 0.25) is 0 Å². The van der Waals surface area contributed by atoms with Gasteiger partial charge in [-0.2, -0.15) is 0 Å². The Labute approximate surface area is 128 Å². The van der Waals surface area contributed by atoms with Crippen LogP contribution >= 0.6 is 15.9 Å². The summed E-state index contributed by atoms with van der Waals surface area (Å²) in [4.78, 5) is 14.8. The first-order valence-corrected chi connectivity index (χ1v) is 8.30. The van der Waals surface area contributed by atoms with Crippen molar-refractivity contribution in [3.05, 3.63) is 34.3 Å². The first kappa shape index (κ1) is 14.1. The Hall–Kier alpha value is -0.870. The van der Waals surface area contributed by atoms with Crippen LogP contribution in [0.15, 0.2) is 28.7 Å². The number of nitrogens with one attached hydrogen (secondary N) is 1. The molecule has 20 heavy (non-hydrogen) atoms. The Kier molecular flexibility index (Phi) is 3.87. The van der Waals surface area contributed by atoms with E-state index in [1.807, 2.05) is 23.1 Å². The summed E-state index contributed by atoms with van der Waals surface area (Å²) in [6, 6.07) is 8.18. The van der Waals surface area contributed by atoms with Crippen LogP contribution in [0.1, 0.15) is 50.8 Å². The molecule has 108 valence electrons. The molecular weight excluding hydrogens is 316 g/mol. The van der Waals surface area contributed by atoms with Gasteiger partial charge < -0.3 is 4.90 Å². The number of amides is 1. The topological polar surface area (TPSA) is 32.3 Å². The number of hydrogen-bond donors (Lipinski definition) is 1. The molecule has 3 nitrogen and oxygen atoms in total. The predicted octanol–water partition coefficient (Wildman–Crippen LogP) is 3.60. The van der Waals surface area contributed by atoms with E-state index < -0.39 is 0 Å². The van der Waals surface area contributed by atoms with E-state index in [4.69, 9.17) is 0 Å². The Morgan fingerprint density at radius 2 is 2.00 bits per heavy atom. The number of carbonyl (C=O) groups is 1. The van der Waals surface area contributed by atoms with Crippen molar-refractivity contribution in [1.82, 2.24) is 10.2 Å². The molecule has 1 saturated carbocycles. The Balaban J connectivity index is 1.96. The molecule has 2 aliphatic rings. The molecule has 1 aliphatic heterocycles. The van der Waals surface area contributed by atoms with Crippen molar-refractivity contribution < 1.29 is 4.79 Å². The van der Waals surface area contributed by atoms with Crippen LogP contribution in [0.25, 0.3) is 0 Å². The van der Waals surface area contributed by atoms with E-state index in [0.717, 1.165) is 42.3 Å². The normalized spacial score (nSPS) is 25.4. The van der Waals surface area contributed by atoms with E-state index in [1.54, 1.807) is 0 Å². The maximum absolute atomic E-state index is 12.9. The van der Waals surface area contributed by atoms with Gasteiger partial charge in [0.25, 0.3) is 0 Å². The lowest BCUT2D eigenvalue weighted by molar-refractivity contribution is -0.134. The van der Waals surface area contributed by atoms with Crippen molar-refractivity contribution in [2.75, 3.05) is 6.54 Å². The number of halogens is 1. The lowest BCUT2D eigenvalue weighted by Gasteiger charge is -2.31. The number of likely N-dealkylation sites (N-methyl/N-ethyl adjacent to an activating group) is 1. The molecule has 3 rings (SSSR count). The van der Waals surface area contributed by atoms with Crippen LogP contribution in [-0.4, -0.2) is 22.9 Å². The second-order valence-corrected chi connectivity index (χ2v) is 6.66. The van der Waals surface area contributed by atoms with Gasteiger partial charge >= 0.3 is 0 Å². The Morgan fingerprint density at radius 1 is 1.30 bits per heavy atom. The SMILES string of the molecule is CCN1C(=O)C2(CCCCC2)NC1c1ccccc1Br. The molecule has 1 aromatic carbocycles. The summed E-state index contributed by atoms with van der Waals surface area (Å²) >= 11 is 3.62. The second kappa shape index (κ2) is 5.49. The van der Waals surface area contributed by atoms with Gasteiger partial charge in [0.05, 0.1) is 5.54 Å². The molecule has 1 amide bonds. The molecule has 1 saturated heterocycles. The highest BCUT2D eigenvalue weighted by atomic mass is 79.9. The molecule has 1 aromatic rings. The monoisotopic (exact) mass is 336 g/mol. The molecule has 4 heteroatoms.